The van der Waals surface area contributed by atoms with Crippen LogP contribution in [0.5, 0.6) is 5.75 Å². The number of amides is 1. The number of methoxy groups -OCH3 is 1. The number of fused-ring (bicyclic) bond motifs is 1. The summed E-state index contributed by atoms with van der Waals surface area (Å²) in [5.41, 5.74) is 1.99. The summed E-state index contributed by atoms with van der Waals surface area (Å²) in [6.45, 7) is 3.91. The minimum Gasteiger partial charge on any atom is -0.488 e. The van der Waals surface area contributed by atoms with Gasteiger partial charge in [-0.2, -0.15) is 0 Å². The number of ether oxygens (including phenoxy) is 2. The summed E-state index contributed by atoms with van der Waals surface area (Å²) >= 11 is 0. The highest BCUT2D eigenvalue weighted by atomic mass is 16.5. The third-order valence-electron chi connectivity index (χ3n) is 5.38. The van der Waals surface area contributed by atoms with E-state index in [1.165, 1.54) is 4.57 Å². The van der Waals surface area contributed by atoms with Crippen LogP contribution in [0.4, 0.5) is 11.5 Å². The first-order chi connectivity index (χ1) is 14.7. The van der Waals surface area contributed by atoms with Gasteiger partial charge < -0.3 is 24.3 Å². The highest BCUT2D eigenvalue weighted by molar-refractivity contribution is 5.94. The number of H-pyrrole nitrogens is 1. The number of aromatic nitrogens is 2. The number of rotatable bonds is 7. The van der Waals surface area contributed by atoms with Crippen LogP contribution < -0.4 is 15.1 Å². The summed E-state index contributed by atoms with van der Waals surface area (Å²) in [5, 5.41) is 0. The average molecular weight is 413 g/mol. The quantitative estimate of drug-likeness (QED) is 0.549. The first kappa shape index (κ1) is 20.2. The zero-order valence-corrected chi connectivity index (χ0v) is 17.2. The molecule has 2 aromatic heterocycles. The van der Waals surface area contributed by atoms with E-state index in [1.807, 2.05) is 17.0 Å². The van der Waals surface area contributed by atoms with Crippen molar-refractivity contribution in [2.75, 3.05) is 51.4 Å². The van der Waals surface area contributed by atoms with Crippen LogP contribution in [-0.4, -0.2) is 73.3 Å². The highest BCUT2D eigenvalue weighted by Crippen LogP contribution is 2.36. The zero-order valence-electron chi connectivity index (χ0n) is 17.2. The van der Waals surface area contributed by atoms with E-state index in [0.717, 1.165) is 50.3 Å². The van der Waals surface area contributed by atoms with E-state index in [-0.39, 0.29) is 5.91 Å². The van der Waals surface area contributed by atoms with E-state index in [1.54, 1.807) is 19.4 Å². The molecule has 9 nitrogen and oxygen atoms in total. The van der Waals surface area contributed by atoms with Gasteiger partial charge in [0.15, 0.2) is 11.6 Å². The molecule has 0 aromatic carbocycles. The lowest BCUT2D eigenvalue weighted by Gasteiger charge is -2.28. The Bertz CT molecular complexity index is 974. The number of anilines is 2. The minimum atomic E-state index is 0.00569. The molecule has 9 heteroatoms. The third kappa shape index (κ3) is 4.11. The van der Waals surface area contributed by atoms with Crippen LogP contribution >= 0.6 is 0 Å². The summed E-state index contributed by atoms with van der Waals surface area (Å²) in [7, 11) is 1.65. The van der Waals surface area contributed by atoms with E-state index < -0.39 is 0 Å². The molecule has 0 bridgehead atoms. The van der Waals surface area contributed by atoms with Crippen molar-refractivity contribution in [1.29, 1.82) is 0 Å². The first-order valence-electron chi connectivity index (χ1n) is 10.3. The Balaban J connectivity index is 1.62. The summed E-state index contributed by atoms with van der Waals surface area (Å²) in [6, 6.07) is 5.52. The molecular formula is C21H27N5O4. The number of pyridine rings is 1. The molecule has 4 heterocycles. The van der Waals surface area contributed by atoms with Crippen LogP contribution in [0.3, 0.4) is 0 Å². The van der Waals surface area contributed by atoms with Crippen molar-refractivity contribution >= 4 is 23.8 Å². The molecule has 160 valence electrons. The van der Waals surface area contributed by atoms with E-state index in [0.29, 0.717) is 43.2 Å². The predicted octanol–water partition coefficient (Wildman–Crippen LogP) is 1.56. The zero-order chi connectivity index (χ0) is 20.9. The molecule has 4 rings (SSSR count). The van der Waals surface area contributed by atoms with Gasteiger partial charge in [-0.05, 0) is 25.3 Å². The number of likely N-dealkylation sites (tertiary alicyclic amines) is 1. The van der Waals surface area contributed by atoms with Crippen molar-refractivity contribution in [2.24, 2.45) is 4.99 Å². The number of carbonyl (C=O) groups excluding carboxylic acids is 2. The van der Waals surface area contributed by atoms with Crippen molar-refractivity contribution < 1.29 is 19.1 Å². The maximum absolute atomic E-state index is 12.8. The van der Waals surface area contributed by atoms with Crippen molar-refractivity contribution in [1.82, 2.24) is 14.5 Å². The lowest BCUT2D eigenvalue weighted by Crippen LogP contribution is -2.31. The van der Waals surface area contributed by atoms with Crippen molar-refractivity contribution in [3.05, 3.63) is 35.6 Å². The van der Waals surface area contributed by atoms with Crippen molar-refractivity contribution in [3.8, 4) is 5.75 Å². The van der Waals surface area contributed by atoms with Gasteiger partial charge in [0.1, 0.15) is 17.8 Å². The molecule has 0 aliphatic carbocycles. The van der Waals surface area contributed by atoms with Gasteiger partial charge >= 0.3 is 0 Å². The summed E-state index contributed by atoms with van der Waals surface area (Å²) in [5.74, 6) is 1.42. The minimum absolute atomic E-state index is 0.00569. The lowest BCUT2D eigenvalue weighted by atomic mass is 10.3. The number of hydrogen-bond acceptors (Lipinski definition) is 6. The van der Waals surface area contributed by atoms with Gasteiger partial charge in [-0.25, -0.2) is 0 Å². The van der Waals surface area contributed by atoms with Crippen LogP contribution in [0.25, 0.3) is 0 Å². The third-order valence-corrected chi connectivity index (χ3v) is 5.38. The fraction of sp³-hybridized carbons (Fsp3) is 0.476. The second kappa shape index (κ2) is 9.17. The number of carbonyl (C=O) groups is 2. The maximum atomic E-state index is 12.8. The van der Waals surface area contributed by atoms with E-state index in [2.05, 4.69) is 14.9 Å². The smallest absolute Gasteiger partial charge is 0.270 e. The molecule has 2 aromatic rings. The molecule has 1 fully saturated rings. The molecule has 0 saturated carbocycles. The molecule has 0 spiro atoms. The van der Waals surface area contributed by atoms with Crippen molar-refractivity contribution in [3.63, 3.8) is 0 Å². The molecule has 0 radical (unpaired) electrons. The fourth-order valence-corrected chi connectivity index (χ4v) is 3.83. The van der Waals surface area contributed by atoms with Gasteiger partial charge in [0.25, 0.3) is 5.91 Å². The van der Waals surface area contributed by atoms with E-state index in [4.69, 9.17) is 9.47 Å². The van der Waals surface area contributed by atoms with Gasteiger partial charge in [-0.15, -0.1) is 0 Å². The fourth-order valence-electron chi connectivity index (χ4n) is 3.83. The predicted molar refractivity (Wildman–Crippen MR) is 112 cm³/mol. The van der Waals surface area contributed by atoms with Crippen LogP contribution in [0.1, 0.15) is 29.8 Å². The van der Waals surface area contributed by atoms with Gasteiger partial charge in [-0.3, -0.25) is 19.1 Å². The average Bonchev–Trinajstić information content (AvgIpc) is 3.46. The molecule has 2 aliphatic heterocycles. The number of nitrogens with zero attached hydrogens (tertiary/aromatic N) is 4. The van der Waals surface area contributed by atoms with E-state index >= 15 is 0 Å². The second-order valence-electron chi connectivity index (χ2n) is 7.38. The number of nitrogens with one attached hydrogen (secondary N) is 1. The molecule has 2 aliphatic rings. The summed E-state index contributed by atoms with van der Waals surface area (Å²) in [6.07, 6.45) is 5.31. The van der Waals surface area contributed by atoms with Crippen LogP contribution in [0.2, 0.25) is 0 Å². The number of hydrogen-bond donors (Lipinski definition) is 1. The molecule has 0 unspecified atom stereocenters. The highest BCUT2D eigenvalue weighted by Gasteiger charge is 2.27. The Labute approximate surface area is 174 Å². The monoisotopic (exact) mass is 413 g/mol. The Morgan fingerprint density at radius 2 is 2.13 bits per heavy atom. The largest absolute Gasteiger partial charge is 0.488 e. The van der Waals surface area contributed by atoms with E-state index in [9.17, 15) is 9.59 Å². The van der Waals surface area contributed by atoms with Gasteiger partial charge in [0.05, 0.1) is 6.54 Å². The molecule has 0 atom stereocenters. The van der Waals surface area contributed by atoms with Crippen LogP contribution in [-0.2, 0) is 9.53 Å². The van der Waals surface area contributed by atoms with Gasteiger partial charge in [0.2, 0.25) is 6.41 Å². The molecule has 30 heavy (non-hydrogen) atoms. The molecule has 1 saturated heterocycles. The Hall–Kier alpha value is -3.07. The van der Waals surface area contributed by atoms with Gasteiger partial charge in [0, 0.05) is 57.4 Å². The Morgan fingerprint density at radius 1 is 1.30 bits per heavy atom. The molecular weight excluding hydrogens is 386 g/mol. The molecule has 1 N–H and O–H groups in total. The van der Waals surface area contributed by atoms with Gasteiger partial charge in [-0.1, -0.05) is 0 Å². The first-order valence-corrected chi connectivity index (χ1v) is 10.3. The summed E-state index contributed by atoms with van der Waals surface area (Å²) in [4.78, 5) is 35.9. The molecule has 1 amide bonds. The Morgan fingerprint density at radius 3 is 2.90 bits per heavy atom. The number of aromatic amines is 1. The Kier molecular flexibility index (Phi) is 6.18. The maximum Gasteiger partial charge on any atom is 0.270 e. The SMILES string of the molecule is COCCCN=c1cc(N2CCOc3cc(C(=O)N4CCCC4)[nH]c32)ccn1C=O. The standard InChI is InChI=1S/C21H27N5O4/c1-29-11-4-6-22-19-13-16(5-9-25(19)15-27)26-10-12-30-18-14-17(23-20(18)26)21(28)24-7-2-3-8-24/h5,9,13-15,23H,2-4,6-8,10-12H2,1H3. The van der Waals surface area contributed by atoms with Crippen LogP contribution in [0.15, 0.2) is 29.4 Å². The lowest BCUT2D eigenvalue weighted by molar-refractivity contribution is 0.0787. The van der Waals surface area contributed by atoms with Crippen molar-refractivity contribution in [2.45, 2.75) is 19.3 Å². The normalized spacial score (nSPS) is 16.5. The topological polar surface area (TPSA) is 92.2 Å². The summed E-state index contributed by atoms with van der Waals surface area (Å²) < 4.78 is 12.3. The van der Waals surface area contributed by atoms with Crippen LogP contribution in [0, 0.1) is 0 Å². The second-order valence-corrected chi connectivity index (χ2v) is 7.38.